The summed E-state index contributed by atoms with van der Waals surface area (Å²) in [5, 5.41) is 2.81. The van der Waals surface area contributed by atoms with Gasteiger partial charge in [-0.2, -0.15) is 17.0 Å². The third-order valence-corrected chi connectivity index (χ3v) is 10.6. The lowest BCUT2D eigenvalue weighted by molar-refractivity contribution is -0.123. The number of amides is 1. The van der Waals surface area contributed by atoms with Crippen molar-refractivity contribution in [3.8, 4) is 17.2 Å². The van der Waals surface area contributed by atoms with E-state index in [0.717, 1.165) is 9.87 Å². The molecule has 0 saturated carbocycles. The molecule has 0 aromatic heterocycles. The third-order valence-electron chi connectivity index (χ3n) is 7.24. The van der Waals surface area contributed by atoms with Crippen molar-refractivity contribution >= 4 is 31.8 Å². The van der Waals surface area contributed by atoms with Crippen molar-refractivity contribution < 1.29 is 35.8 Å². The Morgan fingerprint density at radius 3 is 2.51 bits per heavy atom. The van der Waals surface area contributed by atoms with Crippen LogP contribution in [-0.4, -0.2) is 78.9 Å². The molecule has 3 heterocycles. The van der Waals surface area contributed by atoms with Gasteiger partial charge in [0.05, 0.1) is 24.7 Å². The van der Waals surface area contributed by atoms with Gasteiger partial charge in [0.2, 0.25) is 10.0 Å². The number of anilines is 1. The van der Waals surface area contributed by atoms with Gasteiger partial charge in [0.15, 0.2) is 18.1 Å². The molecule has 0 aliphatic carbocycles. The van der Waals surface area contributed by atoms with E-state index in [2.05, 4.69) is 10.0 Å². The van der Waals surface area contributed by atoms with E-state index in [4.69, 9.17) is 14.2 Å². The van der Waals surface area contributed by atoms with Crippen LogP contribution in [-0.2, 0) is 31.4 Å². The largest absolute Gasteiger partial charge is 0.494 e. The van der Waals surface area contributed by atoms with Gasteiger partial charge in [-0.3, -0.25) is 9.52 Å². The SMILES string of the molecule is COc1cc2c3cc1OCC(=O)NCCCOc1cccc(c1)C2N(S(=O)(=O)c1ccc(NS(=O)(=O)N(C)C)cc1)CC3. The molecule has 0 radical (unpaired) electrons. The smallest absolute Gasteiger partial charge is 0.301 e. The molecule has 0 spiro atoms. The molecule has 1 atom stereocenters. The number of fused-ring (bicyclic) bond motifs is 8. The Morgan fingerprint density at radius 1 is 1.02 bits per heavy atom. The molecule has 2 N–H and O–H groups in total. The third kappa shape index (κ3) is 6.56. The van der Waals surface area contributed by atoms with E-state index in [1.165, 1.54) is 49.8 Å². The number of nitrogens with zero attached hydrogens (tertiary/aromatic N) is 2. The number of hydrogen-bond donors (Lipinski definition) is 2. The van der Waals surface area contributed by atoms with Gasteiger partial charge in [0, 0.05) is 32.9 Å². The molecule has 3 aromatic rings. The second-order valence-corrected chi connectivity index (χ2v) is 14.1. The maximum Gasteiger partial charge on any atom is 0.301 e. The topological polar surface area (TPSA) is 144 Å². The molecular formula is C29H34N4O8S2. The summed E-state index contributed by atoms with van der Waals surface area (Å²) in [6.07, 6.45) is 0.955. The minimum absolute atomic E-state index is 0.0150. The van der Waals surface area contributed by atoms with Gasteiger partial charge in [-0.05, 0) is 78.1 Å². The fourth-order valence-electron chi connectivity index (χ4n) is 5.01. The molecule has 0 saturated heterocycles. The quantitative estimate of drug-likeness (QED) is 0.423. The first-order chi connectivity index (χ1) is 20.5. The van der Waals surface area contributed by atoms with Crippen molar-refractivity contribution in [1.29, 1.82) is 0 Å². The lowest BCUT2D eigenvalue weighted by Gasteiger charge is -2.37. The van der Waals surface area contributed by atoms with Crippen LogP contribution in [0.15, 0.2) is 65.6 Å². The number of benzene rings is 3. The Bertz CT molecular complexity index is 1710. The van der Waals surface area contributed by atoms with Crippen LogP contribution >= 0.6 is 0 Å². The molecule has 1 amide bonds. The van der Waals surface area contributed by atoms with Crippen molar-refractivity contribution in [3.05, 3.63) is 77.4 Å². The standard InChI is InChI=1S/C29H34N4O8S2/c1-32(2)43(37,38)31-22-8-10-24(11-9-22)42(35,36)33-14-12-20-17-27-26(39-3)18-25(20)29(33)21-6-4-7-23(16-21)40-15-5-13-30-28(34)19-41-27/h4,6-11,16-18,29,31H,5,12-15,19H2,1-3H3,(H,30,34). The fraction of sp³-hybridized carbons (Fsp3) is 0.345. The van der Waals surface area contributed by atoms with E-state index in [0.29, 0.717) is 54.4 Å². The van der Waals surface area contributed by atoms with Gasteiger partial charge >= 0.3 is 10.2 Å². The number of ether oxygens (including phenoxy) is 3. The number of rotatable bonds is 6. The summed E-state index contributed by atoms with van der Waals surface area (Å²) >= 11 is 0. The van der Waals surface area contributed by atoms with Crippen LogP contribution in [0.5, 0.6) is 17.2 Å². The lowest BCUT2D eigenvalue weighted by Crippen LogP contribution is -2.40. The van der Waals surface area contributed by atoms with Crippen LogP contribution in [0.3, 0.4) is 0 Å². The number of hydrogen-bond acceptors (Lipinski definition) is 8. The Hall–Kier alpha value is -3.85. The van der Waals surface area contributed by atoms with Crippen LogP contribution in [0.25, 0.3) is 0 Å². The summed E-state index contributed by atoms with van der Waals surface area (Å²) in [5.41, 5.74) is 2.51. The van der Waals surface area contributed by atoms with E-state index in [1.54, 1.807) is 18.2 Å². The van der Waals surface area contributed by atoms with Crippen molar-refractivity contribution in [2.24, 2.45) is 0 Å². The van der Waals surface area contributed by atoms with Gasteiger partial charge in [0.1, 0.15) is 5.75 Å². The van der Waals surface area contributed by atoms with Gasteiger partial charge in [-0.1, -0.05) is 12.1 Å². The molecule has 6 rings (SSSR count). The van der Waals surface area contributed by atoms with E-state index < -0.39 is 26.3 Å². The van der Waals surface area contributed by atoms with Gasteiger partial charge < -0.3 is 19.5 Å². The van der Waals surface area contributed by atoms with Crippen molar-refractivity contribution in [1.82, 2.24) is 13.9 Å². The highest BCUT2D eigenvalue weighted by molar-refractivity contribution is 7.90. The van der Waals surface area contributed by atoms with Crippen LogP contribution in [0.4, 0.5) is 5.69 Å². The Morgan fingerprint density at radius 2 is 1.79 bits per heavy atom. The highest BCUT2D eigenvalue weighted by Crippen LogP contribution is 2.44. The molecule has 12 nitrogen and oxygen atoms in total. The molecule has 3 aliphatic rings. The highest BCUT2D eigenvalue weighted by atomic mass is 32.2. The second-order valence-electron chi connectivity index (χ2n) is 10.3. The zero-order valence-electron chi connectivity index (χ0n) is 24.1. The Labute approximate surface area is 251 Å². The summed E-state index contributed by atoms with van der Waals surface area (Å²) in [4.78, 5) is 12.3. The van der Waals surface area contributed by atoms with Crippen LogP contribution in [0, 0.1) is 0 Å². The Balaban J connectivity index is 1.59. The molecule has 3 aromatic carbocycles. The van der Waals surface area contributed by atoms with Crippen LogP contribution < -0.4 is 24.2 Å². The first-order valence-electron chi connectivity index (χ1n) is 13.6. The number of methoxy groups -OCH3 is 1. The number of sulfonamides is 1. The summed E-state index contributed by atoms with van der Waals surface area (Å²) in [5.74, 6) is 1.06. The second kappa shape index (κ2) is 12.4. The first kappa shape index (κ1) is 30.6. The van der Waals surface area contributed by atoms with E-state index in [-0.39, 0.29) is 29.6 Å². The lowest BCUT2D eigenvalue weighted by atomic mass is 9.89. The highest BCUT2D eigenvalue weighted by Gasteiger charge is 2.38. The van der Waals surface area contributed by atoms with Gasteiger partial charge in [-0.15, -0.1) is 0 Å². The summed E-state index contributed by atoms with van der Waals surface area (Å²) in [6.45, 7) is 0.729. The van der Waals surface area contributed by atoms with Crippen LogP contribution in [0.2, 0.25) is 0 Å². The van der Waals surface area contributed by atoms with Crippen molar-refractivity contribution in [3.63, 3.8) is 0 Å². The molecule has 14 heteroatoms. The van der Waals surface area contributed by atoms with Gasteiger partial charge in [-0.25, -0.2) is 8.42 Å². The molecule has 43 heavy (non-hydrogen) atoms. The molecule has 3 aliphatic heterocycles. The number of carbonyl (C=O) groups is 1. The minimum Gasteiger partial charge on any atom is -0.494 e. The zero-order chi connectivity index (χ0) is 30.8. The van der Waals surface area contributed by atoms with E-state index in [9.17, 15) is 21.6 Å². The average Bonchev–Trinajstić information content (AvgIpc) is 2.98. The molecule has 1 unspecified atom stereocenters. The molecule has 6 bridgehead atoms. The van der Waals surface area contributed by atoms with E-state index >= 15 is 0 Å². The summed E-state index contributed by atoms with van der Waals surface area (Å²) in [7, 11) is -3.55. The summed E-state index contributed by atoms with van der Waals surface area (Å²) < 4.78 is 75.1. The predicted molar refractivity (Wildman–Crippen MR) is 160 cm³/mol. The number of carbonyl (C=O) groups excluding carboxylic acids is 1. The molecular weight excluding hydrogens is 596 g/mol. The zero-order valence-corrected chi connectivity index (χ0v) is 25.7. The fourth-order valence-corrected chi connectivity index (χ4v) is 7.22. The van der Waals surface area contributed by atoms with Crippen molar-refractivity contribution in [2.45, 2.75) is 23.8 Å². The minimum atomic E-state index is -4.07. The Kier molecular flexibility index (Phi) is 8.83. The first-order valence-corrected chi connectivity index (χ1v) is 16.5. The maximum atomic E-state index is 14.2. The molecule has 0 fully saturated rings. The summed E-state index contributed by atoms with van der Waals surface area (Å²) in [6, 6.07) is 15.7. The molecule has 230 valence electrons. The van der Waals surface area contributed by atoms with Crippen LogP contribution in [0.1, 0.15) is 29.2 Å². The predicted octanol–water partition coefficient (Wildman–Crippen LogP) is 2.53. The van der Waals surface area contributed by atoms with E-state index in [1.807, 2.05) is 18.2 Å². The maximum absolute atomic E-state index is 14.2. The van der Waals surface area contributed by atoms with Gasteiger partial charge in [0.25, 0.3) is 5.91 Å². The normalized spacial score (nSPS) is 18.0. The van der Waals surface area contributed by atoms with Crippen molar-refractivity contribution in [2.75, 3.05) is 52.2 Å². The number of nitrogens with one attached hydrogen (secondary N) is 2. The monoisotopic (exact) mass is 630 g/mol. The average molecular weight is 631 g/mol.